The van der Waals surface area contributed by atoms with Gasteiger partial charge in [0.25, 0.3) is 5.91 Å². The molecule has 4 rings (SSSR count). The van der Waals surface area contributed by atoms with Crippen LogP contribution in [0.5, 0.6) is 5.75 Å². The van der Waals surface area contributed by atoms with Gasteiger partial charge >= 0.3 is 0 Å². The van der Waals surface area contributed by atoms with Gasteiger partial charge in [-0.3, -0.25) is 9.52 Å². The van der Waals surface area contributed by atoms with Crippen LogP contribution in [0.3, 0.4) is 0 Å². The highest BCUT2D eigenvalue weighted by Crippen LogP contribution is 2.49. The molecule has 5 nitrogen and oxygen atoms in total. The number of carbonyl (C=O) groups is 1. The third kappa shape index (κ3) is 4.71. The number of halogens is 2. The number of nitrogens with one attached hydrogen (secondary N) is 2. The van der Waals surface area contributed by atoms with Gasteiger partial charge in [-0.15, -0.1) is 0 Å². The molecule has 3 aliphatic rings. The van der Waals surface area contributed by atoms with E-state index in [1.165, 1.54) is 31.7 Å². The molecule has 1 aromatic rings. The van der Waals surface area contributed by atoms with Crippen LogP contribution in [0.15, 0.2) is 12.1 Å². The average molecular weight is 443 g/mol. The summed E-state index contributed by atoms with van der Waals surface area (Å²) in [7, 11) is -3.26. The van der Waals surface area contributed by atoms with Crippen LogP contribution in [0.4, 0.5) is 4.39 Å². The highest BCUT2D eigenvalue weighted by atomic mass is 35.5. The van der Waals surface area contributed by atoms with Crippen LogP contribution in [0.25, 0.3) is 0 Å². The molecule has 3 unspecified atom stereocenters. The van der Waals surface area contributed by atoms with Gasteiger partial charge in [0.15, 0.2) is 0 Å². The Kier molecular flexibility index (Phi) is 5.57. The number of ether oxygens (including phenoxy) is 1. The Morgan fingerprint density at radius 1 is 1.31 bits per heavy atom. The van der Waals surface area contributed by atoms with Crippen LogP contribution in [-0.4, -0.2) is 22.0 Å². The predicted molar refractivity (Wildman–Crippen MR) is 111 cm³/mol. The van der Waals surface area contributed by atoms with Crippen LogP contribution in [0.2, 0.25) is 5.02 Å². The molecule has 1 amide bonds. The van der Waals surface area contributed by atoms with Crippen molar-refractivity contribution in [2.24, 2.45) is 17.3 Å². The number of rotatable bonds is 6. The highest BCUT2D eigenvalue weighted by molar-refractivity contribution is 7.92. The molecule has 3 fully saturated rings. The van der Waals surface area contributed by atoms with E-state index in [-0.39, 0.29) is 27.0 Å². The molecule has 29 heavy (non-hydrogen) atoms. The summed E-state index contributed by atoms with van der Waals surface area (Å²) in [6.07, 6.45) is 8.70. The second kappa shape index (κ2) is 7.73. The van der Waals surface area contributed by atoms with Gasteiger partial charge in [0.1, 0.15) is 21.5 Å². The Labute approximate surface area is 176 Å². The quantitative estimate of drug-likeness (QED) is 0.625. The standard InChI is InChI=1S/C21H28ClFN2O3S/c1-21(10-13-3-2-4-14(7-13)11-21)12-28-19-9-18(23)16(8-17(19)22)20(26)25-29(24,27)15-5-6-15/h8-9,13-15H,2-7,10-12H2,1H3,(H2,24,25,26,27). The van der Waals surface area contributed by atoms with E-state index >= 15 is 0 Å². The third-order valence-electron chi connectivity index (χ3n) is 6.53. The third-order valence-corrected chi connectivity index (χ3v) is 8.73. The molecular weight excluding hydrogens is 415 g/mol. The molecule has 0 aromatic heterocycles. The minimum absolute atomic E-state index is 0.0465. The lowest BCUT2D eigenvalue weighted by molar-refractivity contribution is 0.0297. The van der Waals surface area contributed by atoms with Crippen molar-refractivity contribution in [2.45, 2.75) is 63.5 Å². The maximum absolute atomic E-state index is 14.6. The molecule has 160 valence electrons. The lowest BCUT2D eigenvalue weighted by Gasteiger charge is -2.45. The van der Waals surface area contributed by atoms with Gasteiger partial charge in [-0.1, -0.05) is 37.8 Å². The first kappa shape index (κ1) is 20.9. The number of amides is 1. The maximum atomic E-state index is 14.6. The molecule has 2 bridgehead atoms. The first-order valence-electron chi connectivity index (χ1n) is 10.4. The van der Waals surface area contributed by atoms with Crippen LogP contribution >= 0.6 is 11.6 Å². The lowest BCUT2D eigenvalue weighted by atomic mass is 9.62. The van der Waals surface area contributed by atoms with Crippen molar-refractivity contribution in [3.63, 3.8) is 0 Å². The molecule has 1 aromatic carbocycles. The second-order valence-electron chi connectivity index (χ2n) is 9.40. The first-order chi connectivity index (χ1) is 13.7. The molecule has 0 saturated heterocycles. The Bertz CT molecular complexity index is 905. The van der Waals surface area contributed by atoms with E-state index in [9.17, 15) is 13.4 Å². The molecule has 0 radical (unpaired) electrons. The zero-order valence-electron chi connectivity index (χ0n) is 16.6. The molecule has 2 N–H and O–H groups in total. The molecule has 0 aliphatic heterocycles. The maximum Gasteiger partial charge on any atom is 0.266 e. The second-order valence-corrected chi connectivity index (χ2v) is 11.9. The van der Waals surface area contributed by atoms with E-state index < -0.39 is 21.6 Å². The highest BCUT2D eigenvalue weighted by Gasteiger charge is 2.40. The summed E-state index contributed by atoms with van der Waals surface area (Å²) in [5.74, 6) is 0.0427. The number of hydrogen-bond acceptors (Lipinski definition) is 4. The Morgan fingerprint density at radius 2 is 1.97 bits per heavy atom. The van der Waals surface area contributed by atoms with Crippen molar-refractivity contribution in [3.05, 3.63) is 28.5 Å². The molecule has 3 atom stereocenters. The summed E-state index contributed by atoms with van der Waals surface area (Å²) in [6.45, 7) is 2.69. The Morgan fingerprint density at radius 3 is 2.59 bits per heavy atom. The van der Waals surface area contributed by atoms with Crippen LogP contribution in [-0.2, 0) is 9.92 Å². The summed E-state index contributed by atoms with van der Waals surface area (Å²) in [5.41, 5.74) is -0.272. The van der Waals surface area contributed by atoms with Gasteiger partial charge < -0.3 is 4.74 Å². The molecule has 0 spiro atoms. The van der Waals surface area contributed by atoms with Crippen LogP contribution < -0.4 is 9.46 Å². The summed E-state index contributed by atoms with van der Waals surface area (Å²) in [6, 6.07) is 2.31. The number of fused-ring (bicyclic) bond motifs is 2. The van der Waals surface area contributed by atoms with Crippen LogP contribution in [0.1, 0.15) is 68.6 Å². The molecule has 3 saturated carbocycles. The van der Waals surface area contributed by atoms with Gasteiger partial charge in [-0.2, -0.15) is 0 Å². The van der Waals surface area contributed by atoms with Crippen molar-refractivity contribution in [1.82, 2.24) is 4.72 Å². The summed E-state index contributed by atoms with van der Waals surface area (Å²) >= 11 is 6.26. The Balaban J connectivity index is 1.44. The fraction of sp³-hybridized carbons (Fsp3) is 0.667. The molecule has 8 heteroatoms. The van der Waals surface area contributed by atoms with Crippen LogP contribution in [0, 0.1) is 27.8 Å². The van der Waals surface area contributed by atoms with E-state index in [2.05, 4.69) is 11.6 Å². The van der Waals surface area contributed by atoms with E-state index in [0.717, 1.165) is 30.7 Å². The topological polar surface area (TPSA) is 79.2 Å². The SMILES string of the molecule is CC1(COc2cc(F)c(C(=O)NS(=N)(=O)C3CC3)cc2Cl)CC2CCCC(C2)C1. The van der Waals surface area contributed by atoms with Gasteiger partial charge in [0.2, 0.25) is 0 Å². The Hall–Kier alpha value is -1.34. The summed E-state index contributed by atoms with van der Waals surface area (Å²) in [4.78, 5) is 12.3. The van der Waals surface area contributed by atoms with Crippen molar-refractivity contribution >= 4 is 27.4 Å². The monoisotopic (exact) mass is 442 g/mol. The van der Waals surface area contributed by atoms with E-state index in [1.807, 2.05) is 0 Å². The van der Waals surface area contributed by atoms with Crippen molar-refractivity contribution < 1.29 is 18.1 Å². The molecule has 3 aliphatic carbocycles. The van der Waals surface area contributed by atoms with Crippen molar-refractivity contribution in [2.75, 3.05) is 6.61 Å². The average Bonchev–Trinajstić information content (AvgIpc) is 3.47. The van der Waals surface area contributed by atoms with E-state index in [1.54, 1.807) is 0 Å². The molecular formula is C21H28ClFN2O3S. The largest absolute Gasteiger partial charge is 0.491 e. The predicted octanol–water partition coefficient (Wildman–Crippen LogP) is 5.32. The van der Waals surface area contributed by atoms with Gasteiger partial charge in [0.05, 0.1) is 22.4 Å². The van der Waals surface area contributed by atoms with E-state index in [0.29, 0.717) is 19.4 Å². The summed E-state index contributed by atoms with van der Waals surface area (Å²) in [5, 5.41) is -0.206. The zero-order valence-corrected chi connectivity index (χ0v) is 18.2. The fourth-order valence-electron chi connectivity index (χ4n) is 5.11. The van der Waals surface area contributed by atoms with Crippen molar-refractivity contribution in [3.8, 4) is 5.75 Å². The zero-order chi connectivity index (χ0) is 20.8. The van der Waals surface area contributed by atoms with Gasteiger partial charge in [-0.05, 0) is 50.0 Å². The number of hydrogen-bond donors (Lipinski definition) is 2. The van der Waals surface area contributed by atoms with Crippen molar-refractivity contribution in [1.29, 1.82) is 4.78 Å². The minimum Gasteiger partial charge on any atom is -0.491 e. The van der Waals surface area contributed by atoms with E-state index in [4.69, 9.17) is 21.1 Å². The van der Waals surface area contributed by atoms with Gasteiger partial charge in [0, 0.05) is 11.5 Å². The normalized spacial score (nSPS) is 31.0. The summed E-state index contributed by atoms with van der Waals surface area (Å²) < 4.78 is 42.5. The fourth-order valence-corrected chi connectivity index (χ4v) is 6.68. The minimum atomic E-state index is -3.26. The smallest absolute Gasteiger partial charge is 0.266 e. The van der Waals surface area contributed by atoms with Gasteiger partial charge in [-0.25, -0.2) is 13.4 Å². The molecule has 0 heterocycles. The number of benzene rings is 1. The first-order valence-corrected chi connectivity index (χ1v) is 12.4. The lowest BCUT2D eigenvalue weighted by Crippen LogP contribution is -2.37. The number of carbonyl (C=O) groups excluding carboxylic acids is 1.